The normalized spacial score (nSPS) is 19.1. The van der Waals surface area contributed by atoms with Crippen molar-refractivity contribution in [1.29, 1.82) is 0 Å². The minimum atomic E-state index is -3.57. The van der Waals surface area contributed by atoms with E-state index in [1.165, 1.54) is 16.4 Å². The summed E-state index contributed by atoms with van der Waals surface area (Å²) in [5.41, 5.74) is 0.115. The summed E-state index contributed by atoms with van der Waals surface area (Å²) in [5.74, 6) is -0.519. The highest BCUT2D eigenvalue weighted by Gasteiger charge is 2.29. The van der Waals surface area contributed by atoms with Crippen molar-refractivity contribution in [2.75, 3.05) is 17.5 Å². The molecule has 2 rings (SSSR count). The SMILES string of the molecule is CC(C)S(=O)(=O)N(CCC1CCCO1)c1ccccc1F. The van der Waals surface area contributed by atoms with Gasteiger partial charge in [-0.25, -0.2) is 12.8 Å². The summed E-state index contributed by atoms with van der Waals surface area (Å²) in [4.78, 5) is 0. The molecule has 118 valence electrons. The van der Waals surface area contributed by atoms with E-state index >= 15 is 0 Å². The van der Waals surface area contributed by atoms with E-state index in [-0.39, 0.29) is 18.3 Å². The number of nitrogens with zero attached hydrogens (tertiary/aromatic N) is 1. The number of para-hydroxylation sites is 1. The van der Waals surface area contributed by atoms with Crippen LogP contribution in [0.15, 0.2) is 24.3 Å². The summed E-state index contributed by atoms with van der Waals surface area (Å²) in [5, 5.41) is -0.596. The lowest BCUT2D eigenvalue weighted by Gasteiger charge is -2.27. The molecule has 1 heterocycles. The Bertz CT molecular complexity index is 568. The maximum absolute atomic E-state index is 14.0. The van der Waals surface area contributed by atoms with Crippen molar-refractivity contribution in [3.05, 3.63) is 30.1 Å². The average molecular weight is 315 g/mol. The lowest BCUT2D eigenvalue weighted by atomic mass is 10.2. The van der Waals surface area contributed by atoms with Crippen molar-refractivity contribution in [2.45, 2.75) is 44.5 Å². The van der Waals surface area contributed by atoms with Crippen molar-refractivity contribution in [2.24, 2.45) is 0 Å². The molecular weight excluding hydrogens is 293 g/mol. The Balaban J connectivity index is 2.24. The zero-order valence-electron chi connectivity index (χ0n) is 12.5. The highest BCUT2D eigenvalue weighted by atomic mass is 32.2. The van der Waals surface area contributed by atoms with Gasteiger partial charge in [0.1, 0.15) is 5.82 Å². The summed E-state index contributed by atoms with van der Waals surface area (Å²) in [6.07, 6.45) is 2.59. The first-order valence-corrected chi connectivity index (χ1v) is 8.81. The fourth-order valence-electron chi connectivity index (χ4n) is 2.43. The summed E-state index contributed by atoms with van der Waals surface area (Å²) in [6, 6.07) is 5.99. The van der Waals surface area contributed by atoms with E-state index in [0.29, 0.717) is 6.42 Å². The molecule has 0 bridgehead atoms. The smallest absolute Gasteiger partial charge is 0.237 e. The van der Waals surface area contributed by atoms with Gasteiger partial charge < -0.3 is 4.74 Å². The molecule has 1 aliphatic rings. The molecule has 0 saturated carbocycles. The third-order valence-electron chi connectivity index (χ3n) is 3.70. The van der Waals surface area contributed by atoms with Crippen molar-refractivity contribution >= 4 is 15.7 Å². The number of anilines is 1. The highest BCUT2D eigenvalue weighted by Crippen LogP contribution is 2.26. The first kappa shape index (κ1) is 16.2. The standard InChI is InChI=1S/C15H22FNO3S/c1-12(2)21(18,19)17(10-9-13-6-5-11-20-13)15-8-4-3-7-14(15)16/h3-4,7-8,12-13H,5-6,9-11H2,1-2H3. The zero-order chi connectivity index (χ0) is 15.5. The topological polar surface area (TPSA) is 46.6 Å². The molecule has 21 heavy (non-hydrogen) atoms. The van der Waals surface area contributed by atoms with Gasteiger partial charge in [0.05, 0.1) is 17.0 Å². The fourth-order valence-corrected chi connectivity index (χ4v) is 3.72. The number of rotatable bonds is 6. The fraction of sp³-hybridized carbons (Fsp3) is 0.600. The van der Waals surface area contributed by atoms with E-state index in [9.17, 15) is 12.8 Å². The Morgan fingerprint density at radius 1 is 1.38 bits per heavy atom. The molecule has 0 aromatic heterocycles. The molecular formula is C15H22FNO3S. The van der Waals surface area contributed by atoms with Crippen LogP contribution in [0.5, 0.6) is 0 Å². The van der Waals surface area contributed by atoms with Crippen LogP contribution >= 0.6 is 0 Å². The third kappa shape index (κ3) is 3.74. The van der Waals surface area contributed by atoms with Gasteiger partial charge in [0.2, 0.25) is 10.0 Å². The second-order valence-corrected chi connectivity index (χ2v) is 7.95. The van der Waals surface area contributed by atoms with Gasteiger partial charge in [-0.1, -0.05) is 12.1 Å². The Hall–Kier alpha value is -1.14. The molecule has 1 aromatic rings. The molecule has 1 saturated heterocycles. The van der Waals surface area contributed by atoms with Gasteiger partial charge in [-0.05, 0) is 45.2 Å². The van der Waals surface area contributed by atoms with Crippen LogP contribution < -0.4 is 4.31 Å². The highest BCUT2D eigenvalue weighted by molar-refractivity contribution is 7.93. The third-order valence-corrected chi connectivity index (χ3v) is 5.89. The van der Waals surface area contributed by atoms with Gasteiger partial charge in [-0.15, -0.1) is 0 Å². The molecule has 0 amide bonds. The molecule has 1 aliphatic heterocycles. The van der Waals surface area contributed by atoms with Crippen LogP contribution in [0.4, 0.5) is 10.1 Å². The number of benzene rings is 1. The lowest BCUT2D eigenvalue weighted by molar-refractivity contribution is 0.106. The molecule has 0 spiro atoms. The van der Waals surface area contributed by atoms with Gasteiger partial charge in [-0.3, -0.25) is 4.31 Å². The Kier molecular flexibility index (Phi) is 5.22. The molecule has 0 aliphatic carbocycles. The Morgan fingerprint density at radius 3 is 2.67 bits per heavy atom. The summed E-state index contributed by atoms with van der Waals surface area (Å²) >= 11 is 0. The van der Waals surface area contributed by atoms with Gasteiger partial charge in [0.25, 0.3) is 0 Å². The van der Waals surface area contributed by atoms with Crippen LogP contribution in [0.1, 0.15) is 33.1 Å². The van der Waals surface area contributed by atoms with Crippen molar-refractivity contribution < 1.29 is 17.5 Å². The summed E-state index contributed by atoms with van der Waals surface area (Å²) in [7, 11) is -3.57. The zero-order valence-corrected chi connectivity index (χ0v) is 13.3. The van der Waals surface area contributed by atoms with Gasteiger partial charge >= 0.3 is 0 Å². The van der Waals surface area contributed by atoms with E-state index in [1.54, 1.807) is 26.0 Å². The second kappa shape index (κ2) is 6.75. The van der Waals surface area contributed by atoms with Crippen molar-refractivity contribution in [3.8, 4) is 0 Å². The predicted octanol–water partition coefficient (Wildman–Crippen LogP) is 2.94. The van der Waals surface area contributed by atoms with Crippen molar-refractivity contribution in [1.82, 2.24) is 0 Å². The largest absolute Gasteiger partial charge is 0.378 e. The molecule has 6 heteroatoms. The number of ether oxygens (including phenoxy) is 1. The van der Waals surface area contributed by atoms with Crippen LogP contribution in [-0.2, 0) is 14.8 Å². The molecule has 0 N–H and O–H groups in total. The average Bonchev–Trinajstić information content (AvgIpc) is 2.93. The van der Waals surface area contributed by atoms with Crippen LogP contribution in [0.25, 0.3) is 0 Å². The number of hydrogen-bond acceptors (Lipinski definition) is 3. The maximum Gasteiger partial charge on any atom is 0.237 e. The lowest BCUT2D eigenvalue weighted by Crippen LogP contribution is -2.38. The minimum absolute atomic E-state index is 0.0710. The molecule has 1 fully saturated rings. The first-order chi connectivity index (χ1) is 9.93. The Morgan fingerprint density at radius 2 is 2.10 bits per heavy atom. The monoisotopic (exact) mass is 315 g/mol. The summed E-state index contributed by atoms with van der Waals surface area (Å²) < 4.78 is 45.7. The minimum Gasteiger partial charge on any atom is -0.378 e. The first-order valence-electron chi connectivity index (χ1n) is 7.30. The van der Waals surface area contributed by atoms with E-state index in [0.717, 1.165) is 19.4 Å². The molecule has 0 radical (unpaired) electrons. The Labute approximate surface area is 126 Å². The number of hydrogen-bond donors (Lipinski definition) is 0. The van der Waals surface area contributed by atoms with Gasteiger partial charge in [-0.2, -0.15) is 0 Å². The van der Waals surface area contributed by atoms with Gasteiger partial charge in [0, 0.05) is 13.2 Å². The number of sulfonamides is 1. The van der Waals surface area contributed by atoms with Crippen LogP contribution in [0.3, 0.4) is 0 Å². The van der Waals surface area contributed by atoms with E-state index in [1.807, 2.05) is 0 Å². The second-order valence-electron chi connectivity index (χ2n) is 5.54. The van der Waals surface area contributed by atoms with Crippen molar-refractivity contribution in [3.63, 3.8) is 0 Å². The van der Waals surface area contributed by atoms with Gasteiger partial charge in [0.15, 0.2) is 0 Å². The van der Waals surface area contributed by atoms with E-state index in [2.05, 4.69) is 0 Å². The van der Waals surface area contributed by atoms with E-state index < -0.39 is 21.1 Å². The predicted molar refractivity (Wildman–Crippen MR) is 81.4 cm³/mol. The van der Waals surface area contributed by atoms with E-state index in [4.69, 9.17) is 4.74 Å². The van der Waals surface area contributed by atoms with Crippen LogP contribution in [0.2, 0.25) is 0 Å². The molecule has 4 nitrogen and oxygen atoms in total. The molecule has 1 aromatic carbocycles. The quantitative estimate of drug-likeness (QED) is 0.811. The van der Waals surface area contributed by atoms with Crippen LogP contribution in [0, 0.1) is 5.82 Å². The maximum atomic E-state index is 14.0. The van der Waals surface area contributed by atoms with Crippen LogP contribution in [-0.4, -0.2) is 32.9 Å². The summed E-state index contributed by atoms with van der Waals surface area (Å²) in [6.45, 7) is 4.18. The molecule has 1 atom stereocenters. The molecule has 1 unspecified atom stereocenters. The number of halogens is 1.